The lowest BCUT2D eigenvalue weighted by atomic mass is 9.95. The molecule has 0 spiro atoms. The Labute approximate surface area is 239 Å². The Hall–Kier alpha value is -1.63. The lowest BCUT2D eigenvalue weighted by Crippen LogP contribution is -2.59. The van der Waals surface area contributed by atoms with Crippen molar-refractivity contribution in [3.63, 3.8) is 0 Å². The van der Waals surface area contributed by atoms with Crippen molar-refractivity contribution in [1.82, 2.24) is 0 Å². The fraction of sp³-hybridized carbons (Fsp3) is 0.906. The topological polar surface area (TPSA) is 115 Å². The van der Waals surface area contributed by atoms with Gasteiger partial charge in [0.05, 0.1) is 32.1 Å². The summed E-state index contributed by atoms with van der Waals surface area (Å²) in [6.45, 7) is 9.06. The zero-order valence-corrected chi connectivity index (χ0v) is 25.8. The number of carbonyl (C=O) groups excluding carboxylic acids is 1. The van der Waals surface area contributed by atoms with E-state index < -0.39 is 35.7 Å². The largest absolute Gasteiger partial charge is 0.550 e. The first-order chi connectivity index (χ1) is 18.7. The normalized spacial score (nSPS) is 15.4. The quantitative estimate of drug-likeness (QED) is 0.0823. The molecule has 0 amide bonds. The van der Waals surface area contributed by atoms with Crippen LogP contribution in [0.1, 0.15) is 143 Å². The van der Waals surface area contributed by atoms with Gasteiger partial charge in [0.1, 0.15) is 11.8 Å². The minimum atomic E-state index is -1.14. The third kappa shape index (κ3) is 17.6. The summed E-state index contributed by atoms with van der Waals surface area (Å²) >= 11 is 0. The molecule has 2 N–H and O–H groups in total. The van der Waals surface area contributed by atoms with Crippen LogP contribution in [0.4, 0.5) is 0 Å². The second-order valence-corrected chi connectivity index (χ2v) is 11.9. The highest BCUT2D eigenvalue weighted by Gasteiger charge is 2.39. The number of rotatable bonds is 28. The van der Waals surface area contributed by atoms with E-state index in [2.05, 4.69) is 6.92 Å². The molecule has 0 saturated carbocycles. The molecular formula is C32H61NO6. The summed E-state index contributed by atoms with van der Waals surface area (Å²) in [5.41, 5.74) is 0. The molecule has 7 nitrogen and oxygen atoms in total. The third-order valence-electron chi connectivity index (χ3n) is 8.57. The van der Waals surface area contributed by atoms with Crippen molar-refractivity contribution in [2.45, 2.75) is 143 Å². The van der Waals surface area contributed by atoms with Crippen LogP contribution in [0.5, 0.6) is 0 Å². The van der Waals surface area contributed by atoms with Crippen LogP contribution >= 0.6 is 0 Å². The summed E-state index contributed by atoms with van der Waals surface area (Å²) < 4.78 is 0.223. The molecule has 3 unspecified atom stereocenters. The van der Waals surface area contributed by atoms with E-state index in [9.17, 15) is 29.7 Å². The number of hydrogen-bond donors (Lipinski definition) is 2. The number of hydrogen-bond acceptors (Lipinski definition) is 4. The van der Waals surface area contributed by atoms with E-state index in [1.807, 2.05) is 13.8 Å². The molecule has 0 fully saturated rings. The van der Waals surface area contributed by atoms with Crippen LogP contribution in [0.15, 0.2) is 0 Å². The monoisotopic (exact) mass is 555 g/mol. The van der Waals surface area contributed by atoms with Crippen molar-refractivity contribution in [3.8, 4) is 0 Å². The Kier molecular flexibility index (Phi) is 22.1. The van der Waals surface area contributed by atoms with Gasteiger partial charge in [-0.25, -0.2) is 0 Å². The number of aliphatic carboxylic acids is 3. The van der Waals surface area contributed by atoms with E-state index in [1.165, 1.54) is 77.0 Å². The molecule has 0 radical (unpaired) electrons. The first-order valence-corrected chi connectivity index (χ1v) is 16.2. The molecule has 0 aliphatic heterocycles. The van der Waals surface area contributed by atoms with Gasteiger partial charge in [0, 0.05) is 5.92 Å². The van der Waals surface area contributed by atoms with Gasteiger partial charge < -0.3 is 24.6 Å². The lowest BCUT2D eigenvalue weighted by Gasteiger charge is -2.44. The van der Waals surface area contributed by atoms with E-state index in [1.54, 1.807) is 6.92 Å². The standard InChI is InChI=1S/C32H61NO6/c1-5-9-10-11-12-13-14-15-16-17-18-19-20-21-22-23-33(24-27(6-2)30(34)35,25-28(7-3)31(36)37)26-29(8-4)32(38)39/h27-29H,5-26H2,1-4H3,(H2-,34,35,36,37,38,39). The summed E-state index contributed by atoms with van der Waals surface area (Å²) in [5.74, 6) is -4.93. The second kappa shape index (κ2) is 23.1. The van der Waals surface area contributed by atoms with E-state index >= 15 is 0 Å². The smallest absolute Gasteiger partial charge is 0.312 e. The first kappa shape index (κ1) is 37.4. The molecule has 7 heteroatoms. The summed E-state index contributed by atoms with van der Waals surface area (Å²) in [6.07, 6.45) is 20.0. The zero-order valence-electron chi connectivity index (χ0n) is 25.8. The van der Waals surface area contributed by atoms with Crippen LogP contribution in [-0.4, -0.2) is 58.8 Å². The molecule has 3 atom stereocenters. The number of carboxylic acids is 3. The molecule has 0 bridgehead atoms. The van der Waals surface area contributed by atoms with Gasteiger partial charge >= 0.3 is 11.9 Å². The average Bonchev–Trinajstić information content (AvgIpc) is 2.90. The van der Waals surface area contributed by atoms with Gasteiger partial charge in [-0.2, -0.15) is 0 Å². The molecule has 0 aliphatic carbocycles. The highest BCUT2D eigenvalue weighted by atomic mass is 16.4. The van der Waals surface area contributed by atoms with Gasteiger partial charge in [0.2, 0.25) is 0 Å². The molecule has 0 saturated heterocycles. The maximum absolute atomic E-state index is 11.9. The summed E-state index contributed by atoms with van der Waals surface area (Å²) in [4.78, 5) is 35.7. The molecular weight excluding hydrogens is 494 g/mol. The Morgan fingerprint density at radius 3 is 1.13 bits per heavy atom. The molecule has 0 aromatic rings. The number of carboxylic acid groups (broad SMARTS) is 3. The summed E-state index contributed by atoms with van der Waals surface area (Å²) in [5, 5.41) is 31.4. The van der Waals surface area contributed by atoms with Gasteiger partial charge in [-0.05, 0) is 32.1 Å². The number of nitrogens with zero attached hydrogens (tertiary/aromatic N) is 1. The van der Waals surface area contributed by atoms with Crippen LogP contribution in [0.2, 0.25) is 0 Å². The average molecular weight is 556 g/mol. The van der Waals surface area contributed by atoms with E-state index in [4.69, 9.17) is 0 Å². The maximum atomic E-state index is 11.9. The third-order valence-corrected chi connectivity index (χ3v) is 8.57. The number of carbonyl (C=O) groups is 3. The van der Waals surface area contributed by atoms with Crippen LogP contribution in [-0.2, 0) is 14.4 Å². The van der Waals surface area contributed by atoms with Crippen molar-refractivity contribution >= 4 is 17.9 Å². The van der Waals surface area contributed by atoms with Crippen LogP contribution in [0.25, 0.3) is 0 Å². The zero-order chi connectivity index (χ0) is 29.5. The fourth-order valence-corrected chi connectivity index (χ4v) is 5.85. The van der Waals surface area contributed by atoms with Crippen molar-refractivity contribution in [2.24, 2.45) is 17.8 Å². The molecule has 0 rings (SSSR count). The van der Waals surface area contributed by atoms with Gasteiger partial charge in [-0.3, -0.25) is 9.59 Å². The number of unbranched alkanes of at least 4 members (excludes halogenated alkanes) is 14. The Morgan fingerprint density at radius 1 is 0.538 bits per heavy atom. The Balaban J connectivity index is 4.89. The highest BCUT2D eigenvalue weighted by Crippen LogP contribution is 2.25. The SMILES string of the molecule is CCCCCCCCCCCCCCCCC[N+](CC(CC)C(=O)[O-])(CC(CC)C(=O)O)CC(CC)C(=O)O. The molecule has 0 heterocycles. The summed E-state index contributed by atoms with van der Waals surface area (Å²) in [7, 11) is 0. The minimum absolute atomic E-state index is 0.223. The summed E-state index contributed by atoms with van der Waals surface area (Å²) in [6, 6.07) is 0. The minimum Gasteiger partial charge on any atom is -0.550 e. The first-order valence-electron chi connectivity index (χ1n) is 16.2. The highest BCUT2D eigenvalue weighted by molar-refractivity contribution is 5.70. The van der Waals surface area contributed by atoms with E-state index in [0.717, 1.165) is 19.3 Å². The van der Waals surface area contributed by atoms with Gasteiger partial charge in [0.15, 0.2) is 0 Å². The predicted molar refractivity (Wildman–Crippen MR) is 156 cm³/mol. The van der Waals surface area contributed by atoms with Gasteiger partial charge in [0.25, 0.3) is 0 Å². The van der Waals surface area contributed by atoms with Gasteiger partial charge in [-0.15, -0.1) is 0 Å². The van der Waals surface area contributed by atoms with Crippen LogP contribution < -0.4 is 5.11 Å². The molecule has 0 aromatic heterocycles. The Bertz CT molecular complexity index is 593. The molecule has 230 valence electrons. The maximum Gasteiger partial charge on any atom is 0.312 e. The van der Waals surface area contributed by atoms with Gasteiger partial charge in [-0.1, -0.05) is 111 Å². The van der Waals surface area contributed by atoms with E-state index in [0.29, 0.717) is 25.8 Å². The van der Waals surface area contributed by atoms with Crippen molar-refractivity contribution in [3.05, 3.63) is 0 Å². The second-order valence-electron chi connectivity index (χ2n) is 11.9. The van der Waals surface area contributed by atoms with E-state index in [-0.39, 0.29) is 24.1 Å². The molecule has 0 aromatic carbocycles. The fourth-order valence-electron chi connectivity index (χ4n) is 5.85. The van der Waals surface area contributed by atoms with Crippen LogP contribution in [0.3, 0.4) is 0 Å². The lowest BCUT2D eigenvalue weighted by molar-refractivity contribution is -0.935. The van der Waals surface area contributed by atoms with Crippen molar-refractivity contribution < 1.29 is 34.2 Å². The Morgan fingerprint density at radius 2 is 0.846 bits per heavy atom. The predicted octanol–water partition coefficient (Wildman–Crippen LogP) is 6.67. The molecule has 39 heavy (non-hydrogen) atoms. The van der Waals surface area contributed by atoms with Crippen molar-refractivity contribution in [2.75, 3.05) is 26.2 Å². The van der Waals surface area contributed by atoms with Crippen LogP contribution in [0, 0.1) is 17.8 Å². The van der Waals surface area contributed by atoms with Crippen molar-refractivity contribution in [1.29, 1.82) is 0 Å². The number of quaternary nitrogens is 1. The molecule has 0 aliphatic rings.